The van der Waals surface area contributed by atoms with Crippen LogP contribution in [-0.4, -0.2) is 36.3 Å². The number of hydrogen-bond donors (Lipinski definition) is 1. The zero-order chi connectivity index (χ0) is 16.8. The molecule has 2 rings (SSSR count). The van der Waals surface area contributed by atoms with Gasteiger partial charge in [0, 0.05) is 48.9 Å². The maximum Gasteiger partial charge on any atom is 0.0464 e. The first-order valence-corrected chi connectivity index (χ1v) is 9.14. The summed E-state index contributed by atoms with van der Waals surface area (Å²) in [6, 6.07) is 0.548. The lowest BCUT2D eigenvalue weighted by Gasteiger charge is -2.36. The van der Waals surface area contributed by atoms with Crippen LogP contribution in [0, 0.1) is 5.92 Å². The lowest BCUT2D eigenvalue weighted by molar-refractivity contribution is 0.255. The van der Waals surface area contributed by atoms with Gasteiger partial charge < -0.3 is 10.2 Å². The predicted molar refractivity (Wildman–Crippen MR) is 101 cm³/mol. The van der Waals surface area contributed by atoms with E-state index in [4.69, 9.17) is 4.99 Å². The summed E-state index contributed by atoms with van der Waals surface area (Å²) in [7, 11) is 0. The van der Waals surface area contributed by atoms with Crippen LogP contribution in [0.3, 0.4) is 0 Å². The Kier molecular flexibility index (Phi) is 6.64. The van der Waals surface area contributed by atoms with Crippen molar-refractivity contribution in [1.82, 2.24) is 10.2 Å². The van der Waals surface area contributed by atoms with Gasteiger partial charge in [-0.1, -0.05) is 19.1 Å². The highest BCUT2D eigenvalue weighted by atomic mass is 15.2. The van der Waals surface area contributed by atoms with Crippen molar-refractivity contribution in [3.63, 3.8) is 0 Å². The number of nitrogens with one attached hydrogen (secondary N) is 1. The van der Waals surface area contributed by atoms with Gasteiger partial charge in [0.1, 0.15) is 0 Å². The van der Waals surface area contributed by atoms with Gasteiger partial charge in [-0.25, -0.2) is 0 Å². The van der Waals surface area contributed by atoms with Crippen LogP contribution in [0.2, 0.25) is 0 Å². The number of rotatable bonds is 6. The summed E-state index contributed by atoms with van der Waals surface area (Å²) in [5, 5.41) is 3.53. The highest BCUT2D eigenvalue weighted by molar-refractivity contribution is 6.03. The van der Waals surface area contributed by atoms with Crippen LogP contribution in [0.25, 0.3) is 0 Å². The summed E-state index contributed by atoms with van der Waals surface area (Å²) in [5.74, 6) is 0.741. The average molecular weight is 316 g/mol. The van der Waals surface area contributed by atoms with E-state index in [1.165, 1.54) is 29.7 Å². The number of nitrogens with zero attached hydrogens (tertiary/aromatic N) is 2. The number of allylic oxidation sites excluding steroid dienone is 5. The van der Waals surface area contributed by atoms with Gasteiger partial charge in [-0.05, 0) is 58.4 Å². The van der Waals surface area contributed by atoms with Gasteiger partial charge in [0.2, 0.25) is 0 Å². The Balaban J connectivity index is 2.36. The summed E-state index contributed by atoms with van der Waals surface area (Å²) < 4.78 is 0. The van der Waals surface area contributed by atoms with Crippen molar-refractivity contribution >= 4 is 5.71 Å². The molecule has 1 atom stereocenters. The minimum absolute atomic E-state index is 0.548. The molecule has 1 heterocycles. The van der Waals surface area contributed by atoms with Crippen LogP contribution in [0.1, 0.15) is 53.9 Å². The number of hydrogen-bond acceptors (Lipinski definition) is 3. The molecule has 2 aliphatic rings. The molecule has 23 heavy (non-hydrogen) atoms. The SMILES string of the molecule is C\C=C(C(/C(C)=N/C=C/CC)=C(/C)N1CCNC(C)C1)\C1CC1. The van der Waals surface area contributed by atoms with E-state index in [9.17, 15) is 0 Å². The lowest BCUT2D eigenvalue weighted by atomic mass is 9.94. The van der Waals surface area contributed by atoms with E-state index in [0.29, 0.717) is 6.04 Å². The highest BCUT2D eigenvalue weighted by Crippen LogP contribution is 2.41. The fraction of sp³-hybridized carbons (Fsp3) is 0.650. The summed E-state index contributed by atoms with van der Waals surface area (Å²) in [5.41, 5.74) is 5.42. The second-order valence-electron chi connectivity index (χ2n) is 6.79. The maximum absolute atomic E-state index is 4.72. The van der Waals surface area contributed by atoms with E-state index in [-0.39, 0.29) is 0 Å². The smallest absolute Gasteiger partial charge is 0.0464 e. The van der Waals surface area contributed by atoms with Crippen molar-refractivity contribution in [1.29, 1.82) is 0 Å². The van der Waals surface area contributed by atoms with Crippen LogP contribution in [0.4, 0.5) is 0 Å². The molecule has 3 heteroatoms. The Hall–Kier alpha value is -1.35. The standard InChI is InChI=1S/C20H33N3/c1-6-8-11-22-16(4)20(19(7-2)18-9-10-18)17(5)23-13-12-21-15(3)14-23/h7-8,11,15,18,21H,6,9-10,12-14H2,1-5H3/b11-8+,19-7-,20-17-,22-16+. The minimum atomic E-state index is 0.548. The van der Waals surface area contributed by atoms with Gasteiger partial charge in [-0.3, -0.25) is 4.99 Å². The maximum atomic E-state index is 4.72. The molecule has 128 valence electrons. The minimum Gasteiger partial charge on any atom is -0.372 e. The van der Waals surface area contributed by atoms with Gasteiger partial charge in [0.25, 0.3) is 0 Å². The second kappa shape index (κ2) is 8.49. The highest BCUT2D eigenvalue weighted by Gasteiger charge is 2.30. The van der Waals surface area contributed by atoms with Crippen LogP contribution >= 0.6 is 0 Å². The Morgan fingerprint density at radius 1 is 1.30 bits per heavy atom. The summed E-state index contributed by atoms with van der Waals surface area (Å²) in [4.78, 5) is 7.26. The van der Waals surface area contributed by atoms with Crippen LogP contribution < -0.4 is 5.32 Å². The second-order valence-corrected chi connectivity index (χ2v) is 6.79. The fourth-order valence-corrected chi connectivity index (χ4v) is 3.39. The molecule has 0 bridgehead atoms. The molecule has 0 aromatic heterocycles. The van der Waals surface area contributed by atoms with Crippen LogP contribution in [0.5, 0.6) is 0 Å². The molecule has 0 aromatic carbocycles. The third kappa shape index (κ3) is 4.81. The van der Waals surface area contributed by atoms with Gasteiger partial charge in [-0.2, -0.15) is 0 Å². The van der Waals surface area contributed by atoms with Crippen molar-refractivity contribution in [2.75, 3.05) is 19.6 Å². The number of piperazine rings is 1. The topological polar surface area (TPSA) is 27.6 Å². The van der Waals surface area contributed by atoms with Crippen molar-refractivity contribution < 1.29 is 0 Å². The van der Waals surface area contributed by atoms with Crippen molar-refractivity contribution in [2.45, 2.75) is 59.9 Å². The predicted octanol–water partition coefficient (Wildman–Crippen LogP) is 4.30. The van der Waals surface area contributed by atoms with Crippen molar-refractivity contribution in [2.24, 2.45) is 10.9 Å². The zero-order valence-corrected chi connectivity index (χ0v) is 15.5. The molecular weight excluding hydrogens is 282 g/mol. The van der Waals surface area contributed by atoms with E-state index < -0.39 is 0 Å². The van der Waals surface area contributed by atoms with Crippen molar-refractivity contribution in [3.05, 3.63) is 35.2 Å². The van der Waals surface area contributed by atoms with E-state index in [1.54, 1.807) is 0 Å². The van der Waals surface area contributed by atoms with E-state index in [1.807, 2.05) is 6.20 Å². The third-order valence-electron chi connectivity index (χ3n) is 4.79. The molecule has 1 saturated heterocycles. The largest absolute Gasteiger partial charge is 0.372 e. The van der Waals surface area contributed by atoms with Gasteiger partial charge >= 0.3 is 0 Å². The molecular formula is C20H33N3. The molecule has 1 N–H and O–H groups in total. The van der Waals surface area contributed by atoms with Crippen molar-refractivity contribution in [3.8, 4) is 0 Å². The first kappa shape index (κ1) is 18.0. The molecule has 2 fully saturated rings. The average Bonchev–Trinajstić information content (AvgIpc) is 3.36. The molecule has 1 aliphatic heterocycles. The number of aliphatic imine (C=N–C) groups is 1. The normalized spacial score (nSPS) is 25.1. The molecule has 1 saturated carbocycles. The Labute approximate surface area is 142 Å². The first-order valence-electron chi connectivity index (χ1n) is 9.14. The first-order chi connectivity index (χ1) is 11.1. The monoisotopic (exact) mass is 315 g/mol. The summed E-state index contributed by atoms with van der Waals surface area (Å²) in [6.07, 6.45) is 10.1. The molecule has 0 amide bonds. The van der Waals surface area contributed by atoms with Gasteiger partial charge in [-0.15, -0.1) is 0 Å². The van der Waals surface area contributed by atoms with Crippen LogP contribution in [-0.2, 0) is 0 Å². The third-order valence-corrected chi connectivity index (χ3v) is 4.79. The molecule has 1 unspecified atom stereocenters. The van der Waals surface area contributed by atoms with Gasteiger partial charge in [0.05, 0.1) is 0 Å². The molecule has 0 spiro atoms. The molecule has 0 aromatic rings. The van der Waals surface area contributed by atoms with E-state index >= 15 is 0 Å². The Bertz CT molecular complexity index is 521. The summed E-state index contributed by atoms with van der Waals surface area (Å²) >= 11 is 0. The van der Waals surface area contributed by atoms with E-state index in [2.05, 4.69) is 57.0 Å². The lowest BCUT2D eigenvalue weighted by Crippen LogP contribution is -2.48. The van der Waals surface area contributed by atoms with Gasteiger partial charge in [0.15, 0.2) is 0 Å². The quantitative estimate of drug-likeness (QED) is 0.585. The zero-order valence-electron chi connectivity index (χ0n) is 15.5. The molecule has 1 aliphatic carbocycles. The summed E-state index contributed by atoms with van der Waals surface area (Å²) in [6.45, 7) is 14.3. The molecule has 0 radical (unpaired) electrons. The Morgan fingerprint density at radius 2 is 2.04 bits per heavy atom. The fourth-order valence-electron chi connectivity index (χ4n) is 3.39. The van der Waals surface area contributed by atoms with E-state index in [0.717, 1.165) is 37.7 Å². The van der Waals surface area contributed by atoms with Crippen LogP contribution in [0.15, 0.2) is 40.2 Å². The Morgan fingerprint density at radius 3 is 2.61 bits per heavy atom. The molecule has 3 nitrogen and oxygen atoms in total.